The summed E-state index contributed by atoms with van der Waals surface area (Å²) in [5, 5.41) is 0.470. The highest BCUT2D eigenvalue weighted by Crippen LogP contribution is 2.15. The molecule has 1 heterocycles. The Hall–Kier alpha value is -0.640. The minimum absolute atomic E-state index is 0.317. The number of pyridine rings is 1. The number of rotatable bonds is 2. The van der Waals surface area contributed by atoms with Crippen molar-refractivity contribution in [1.82, 2.24) is 4.98 Å². The number of methoxy groups -OCH3 is 1. The van der Waals surface area contributed by atoms with Crippen LogP contribution in [0.2, 0.25) is 0 Å². The monoisotopic (exact) mass is 219 g/mol. The fourth-order valence-corrected chi connectivity index (χ4v) is 1.10. The molecule has 0 amide bonds. The molecule has 0 aromatic carbocycles. The lowest BCUT2D eigenvalue weighted by atomic mass is 10.3. The molecule has 1 aromatic heterocycles. The second-order valence-electron chi connectivity index (χ2n) is 1.95. The maximum Gasteiger partial charge on any atom is 0.213 e. The fourth-order valence-electron chi connectivity index (χ4n) is 0.672. The quantitative estimate of drug-likeness (QED) is 0.712. The van der Waals surface area contributed by atoms with Crippen molar-refractivity contribution in [1.29, 1.82) is 0 Å². The first-order valence-corrected chi connectivity index (χ1v) is 4.14. The van der Waals surface area contributed by atoms with Gasteiger partial charge >= 0.3 is 0 Å². The Kier molecular flexibility index (Phi) is 2.82. The van der Waals surface area contributed by atoms with E-state index in [2.05, 4.69) is 20.9 Å². The van der Waals surface area contributed by atoms with Crippen molar-refractivity contribution < 1.29 is 9.13 Å². The Morgan fingerprint density at radius 2 is 2.45 bits per heavy atom. The van der Waals surface area contributed by atoms with Crippen LogP contribution in [0.25, 0.3) is 0 Å². The number of hydrogen-bond acceptors (Lipinski definition) is 2. The molecule has 0 saturated carbocycles. The van der Waals surface area contributed by atoms with Gasteiger partial charge in [0.1, 0.15) is 5.82 Å². The van der Waals surface area contributed by atoms with Gasteiger partial charge in [-0.1, -0.05) is 15.9 Å². The van der Waals surface area contributed by atoms with Gasteiger partial charge in [-0.15, -0.1) is 0 Å². The molecule has 1 rings (SSSR count). The van der Waals surface area contributed by atoms with Crippen molar-refractivity contribution in [2.45, 2.75) is 5.33 Å². The predicted molar refractivity (Wildman–Crippen MR) is 43.4 cm³/mol. The molecule has 0 radical (unpaired) electrons. The number of nitrogens with zero attached hydrogens (tertiary/aromatic N) is 1. The molecule has 1 aromatic rings. The summed E-state index contributed by atoms with van der Waals surface area (Å²) in [6.07, 6.45) is 1.15. The first kappa shape index (κ1) is 8.46. The van der Waals surface area contributed by atoms with Crippen molar-refractivity contribution in [3.8, 4) is 5.88 Å². The van der Waals surface area contributed by atoms with E-state index < -0.39 is 0 Å². The minimum atomic E-state index is -0.317. The van der Waals surface area contributed by atoms with Gasteiger partial charge in [-0.25, -0.2) is 9.37 Å². The van der Waals surface area contributed by atoms with Crippen LogP contribution >= 0.6 is 15.9 Å². The highest BCUT2D eigenvalue weighted by atomic mass is 79.9. The molecule has 0 aliphatic rings. The second kappa shape index (κ2) is 3.67. The molecule has 0 aliphatic heterocycles. The molecule has 0 N–H and O–H groups in total. The van der Waals surface area contributed by atoms with E-state index in [9.17, 15) is 4.39 Å². The summed E-state index contributed by atoms with van der Waals surface area (Å²) in [4.78, 5) is 3.69. The lowest BCUT2D eigenvalue weighted by molar-refractivity contribution is 0.395. The van der Waals surface area contributed by atoms with Gasteiger partial charge in [0.15, 0.2) is 0 Å². The van der Waals surface area contributed by atoms with Crippen molar-refractivity contribution >= 4 is 15.9 Å². The lowest BCUT2D eigenvalue weighted by Gasteiger charge is -2.00. The van der Waals surface area contributed by atoms with Gasteiger partial charge in [-0.3, -0.25) is 0 Å². The molecule has 0 atom stereocenters. The molecule has 0 saturated heterocycles. The highest BCUT2D eigenvalue weighted by molar-refractivity contribution is 9.08. The van der Waals surface area contributed by atoms with Crippen LogP contribution in [0, 0.1) is 5.82 Å². The highest BCUT2D eigenvalue weighted by Gasteiger charge is 2.02. The fraction of sp³-hybridized carbons (Fsp3) is 0.286. The third kappa shape index (κ3) is 1.89. The Morgan fingerprint density at radius 3 is 3.00 bits per heavy atom. The van der Waals surface area contributed by atoms with Crippen LogP contribution in [-0.2, 0) is 5.33 Å². The van der Waals surface area contributed by atoms with Crippen molar-refractivity contribution in [2.75, 3.05) is 7.11 Å². The van der Waals surface area contributed by atoms with E-state index in [0.717, 1.165) is 6.20 Å². The van der Waals surface area contributed by atoms with Crippen molar-refractivity contribution in [3.05, 3.63) is 23.6 Å². The molecular weight excluding hydrogens is 213 g/mol. The topological polar surface area (TPSA) is 22.1 Å². The van der Waals surface area contributed by atoms with E-state index in [1.165, 1.54) is 7.11 Å². The summed E-state index contributed by atoms with van der Waals surface area (Å²) in [6, 6.07) is 1.56. The van der Waals surface area contributed by atoms with Crippen molar-refractivity contribution in [3.63, 3.8) is 0 Å². The smallest absolute Gasteiger partial charge is 0.213 e. The van der Waals surface area contributed by atoms with E-state index in [0.29, 0.717) is 16.8 Å². The minimum Gasteiger partial charge on any atom is -0.481 e. The maximum absolute atomic E-state index is 12.8. The van der Waals surface area contributed by atoms with Gasteiger partial charge in [0.25, 0.3) is 0 Å². The number of aromatic nitrogens is 1. The molecule has 4 heteroatoms. The maximum atomic E-state index is 12.8. The molecule has 0 fully saturated rings. The number of halogens is 2. The van der Waals surface area contributed by atoms with E-state index in [4.69, 9.17) is 4.74 Å². The zero-order valence-corrected chi connectivity index (χ0v) is 7.56. The van der Waals surface area contributed by atoms with Gasteiger partial charge in [0.05, 0.1) is 13.3 Å². The van der Waals surface area contributed by atoms with Crippen LogP contribution in [0.15, 0.2) is 12.3 Å². The summed E-state index contributed by atoms with van der Waals surface area (Å²) < 4.78 is 17.6. The van der Waals surface area contributed by atoms with Crippen LogP contribution in [0.5, 0.6) is 5.88 Å². The largest absolute Gasteiger partial charge is 0.481 e. The normalized spacial score (nSPS) is 9.73. The second-order valence-corrected chi connectivity index (χ2v) is 2.51. The number of hydrogen-bond donors (Lipinski definition) is 0. The molecule has 11 heavy (non-hydrogen) atoms. The van der Waals surface area contributed by atoms with Crippen molar-refractivity contribution in [2.24, 2.45) is 0 Å². The summed E-state index contributed by atoms with van der Waals surface area (Å²) >= 11 is 3.15. The number of ether oxygens (including phenoxy) is 1. The zero-order chi connectivity index (χ0) is 8.27. The SMILES string of the molecule is COc1cc(CBr)c(F)cn1. The zero-order valence-electron chi connectivity index (χ0n) is 5.97. The van der Waals surface area contributed by atoms with Crippen LogP contribution in [0.1, 0.15) is 5.56 Å². The first-order valence-electron chi connectivity index (χ1n) is 3.02. The molecule has 0 unspecified atom stereocenters. The van der Waals surface area contributed by atoms with E-state index in [1.54, 1.807) is 6.07 Å². The third-order valence-electron chi connectivity index (χ3n) is 1.26. The molecule has 0 bridgehead atoms. The summed E-state index contributed by atoms with van der Waals surface area (Å²) in [6.45, 7) is 0. The first-order chi connectivity index (χ1) is 5.27. The van der Waals surface area contributed by atoms with E-state index in [-0.39, 0.29) is 5.82 Å². The van der Waals surface area contributed by atoms with Crippen LogP contribution in [-0.4, -0.2) is 12.1 Å². The molecule has 60 valence electrons. The van der Waals surface area contributed by atoms with E-state index in [1.807, 2.05) is 0 Å². The Labute approximate surface area is 72.5 Å². The van der Waals surface area contributed by atoms with Gasteiger partial charge in [-0.05, 0) is 0 Å². The van der Waals surface area contributed by atoms with Crippen LogP contribution in [0.3, 0.4) is 0 Å². The van der Waals surface area contributed by atoms with Gasteiger partial charge < -0.3 is 4.74 Å². The molecular formula is C7H7BrFNO. The molecule has 2 nitrogen and oxygen atoms in total. The van der Waals surface area contributed by atoms with Crippen LogP contribution < -0.4 is 4.74 Å². The summed E-state index contributed by atoms with van der Waals surface area (Å²) in [7, 11) is 1.50. The Morgan fingerprint density at radius 1 is 1.73 bits per heavy atom. The standard InChI is InChI=1S/C7H7BrFNO/c1-11-7-2-5(3-8)6(9)4-10-7/h2,4H,3H2,1H3. The summed E-state index contributed by atoms with van der Waals surface area (Å²) in [5.74, 6) is 0.114. The predicted octanol–water partition coefficient (Wildman–Crippen LogP) is 2.12. The molecule has 0 aliphatic carbocycles. The van der Waals surface area contributed by atoms with Crippen LogP contribution in [0.4, 0.5) is 4.39 Å². The number of alkyl halides is 1. The lowest BCUT2D eigenvalue weighted by Crippen LogP contribution is -1.92. The van der Waals surface area contributed by atoms with Gasteiger partial charge in [-0.2, -0.15) is 0 Å². The average Bonchev–Trinajstić information content (AvgIpc) is 2.05. The van der Waals surface area contributed by atoms with Gasteiger partial charge in [0.2, 0.25) is 5.88 Å². The third-order valence-corrected chi connectivity index (χ3v) is 1.87. The van der Waals surface area contributed by atoms with Gasteiger partial charge in [0, 0.05) is 17.0 Å². The summed E-state index contributed by atoms with van der Waals surface area (Å²) in [5.41, 5.74) is 0.553. The molecule has 0 spiro atoms. The average molecular weight is 220 g/mol. The Bertz CT molecular complexity index is 254. The van der Waals surface area contributed by atoms with E-state index >= 15 is 0 Å². The Balaban J connectivity index is 3.02.